The normalized spacial score (nSPS) is 29.9. The fourth-order valence-corrected chi connectivity index (χ4v) is 6.29. The lowest BCUT2D eigenvalue weighted by molar-refractivity contribution is -0.534. The van der Waals surface area contributed by atoms with Crippen LogP contribution in [0.1, 0.15) is 29.9 Å². The van der Waals surface area contributed by atoms with Gasteiger partial charge < -0.3 is 5.32 Å². The first-order valence-corrected chi connectivity index (χ1v) is 10.4. The Labute approximate surface area is 173 Å². The van der Waals surface area contributed by atoms with Gasteiger partial charge in [0, 0.05) is 28.8 Å². The van der Waals surface area contributed by atoms with Gasteiger partial charge in [-0.05, 0) is 35.2 Å². The number of carbonyl (C=O) groups excluding carboxylic acids is 1. The number of benzene rings is 3. The molecule has 2 saturated heterocycles. The van der Waals surface area contributed by atoms with Crippen molar-refractivity contribution in [1.82, 2.24) is 4.90 Å². The Morgan fingerprint density at radius 1 is 1.03 bits per heavy atom. The summed E-state index contributed by atoms with van der Waals surface area (Å²) in [6, 6.07) is 20.4. The minimum absolute atomic E-state index is 0.0388. The Morgan fingerprint density at radius 3 is 2.67 bits per heavy atom. The molecule has 0 bridgehead atoms. The third-order valence-electron chi connectivity index (χ3n) is 7.28. The first-order valence-electron chi connectivity index (χ1n) is 10.4. The van der Waals surface area contributed by atoms with Crippen LogP contribution in [0.15, 0.2) is 66.7 Å². The Kier molecular flexibility index (Phi) is 3.59. The molecule has 6 nitrogen and oxygen atoms in total. The van der Waals surface area contributed by atoms with Gasteiger partial charge in [0.25, 0.3) is 11.9 Å². The van der Waals surface area contributed by atoms with E-state index in [1.807, 2.05) is 66.7 Å². The van der Waals surface area contributed by atoms with E-state index in [0.717, 1.165) is 34.7 Å². The van der Waals surface area contributed by atoms with Crippen LogP contribution in [0.3, 0.4) is 0 Å². The zero-order chi connectivity index (χ0) is 20.5. The molecule has 6 heteroatoms. The largest absolute Gasteiger partial charge is 0.324 e. The van der Waals surface area contributed by atoms with E-state index in [1.165, 1.54) is 0 Å². The molecule has 6 rings (SSSR count). The second kappa shape index (κ2) is 6.12. The van der Waals surface area contributed by atoms with Crippen LogP contribution in [0.2, 0.25) is 0 Å². The number of nitro groups is 1. The van der Waals surface area contributed by atoms with E-state index >= 15 is 0 Å². The maximum atomic E-state index is 13.5. The van der Waals surface area contributed by atoms with E-state index < -0.39 is 11.6 Å². The zero-order valence-corrected chi connectivity index (χ0v) is 16.3. The van der Waals surface area contributed by atoms with Crippen molar-refractivity contribution in [2.24, 2.45) is 0 Å². The monoisotopic (exact) mass is 399 g/mol. The summed E-state index contributed by atoms with van der Waals surface area (Å²) in [7, 11) is 0. The number of hydrogen-bond acceptors (Lipinski definition) is 4. The molecule has 3 aromatic rings. The van der Waals surface area contributed by atoms with E-state index in [4.69, 9.17) is 0 Å². The maximum absolute atomic E-state index is 13.5. The van der Waals surface area contributed by atoms with Crippen LogP contribution in [0, 0.1) is 10.1 Å². The minimum atomic E-state index is -1.26. The van der Waals surface area contributed by atoms with Crippen molar-refractivity contribution >= 4 is 22.4 Å². The lowest BCUT2D eigenvalue weighted by Crippen LogP contribution is -2.55. The molecule has 2 fully saturated rings. The van der Waals surface area contributed by atoms with Crippen LogP contribution < -0.4 is 5.32 Å². The Balaban J connectivity index is 1.65. The van der Waals surface area contributed by atoms with Crippen LogP contribution in [-0.2, 0) is 10.3 Å². The molecule has 0 unspecified atom stereocenters. The second-order valence-electron chi connectivity index (χ2n) is 8.49. The van der Waals surface area contributed by atoms with Crippen molar-refractivity contribution in [3.8, 4) is 0 Å². The number of amides is 1. The van der Waals surface area contributed by atoms with Crippen molar-refractivity contribution in [2.75, 3.05) is 11.9 Å². The molecule has 4 atom stereocenters. The van der Waals surface area contributed by atoms with Gasteiger partial charge >= 0.3 is 0 Å². The highest BCUT2D eigenvalue weighted by Gasteiger charge is 2.73. The third kappa shape index (κ3) is 2.04. The highest BCUT2D eigenvalue weighted by atomic mass is 16.6. The fraction of sp³-hybridized carbons (Fsp3) is 0.292. The Bertz CT molecular complexity index is 1200. The molecule has 30 heavy (non-hydrogen) atoms. The molecular weight excluding hydrogens is 378 g/mol. The number of fused-ring (bicyclic) bond motifs is 5. The van der Waals surface area contributed by atoms with Crippen LogP contribution >= 0.6 is 0 Å². The fourth-order valence-electron chi connectivity index (χ4n) is 6.29. The van der Waals surface area contributed by atoms with Gasteiger partial charge in [-0.25, -0.2) is 0 Å². The minimum Gasteiger partial charge on any atom is -0.324 e. The summed E-state index contributed by atoms with van der Waals surface area (Å²) in [6.45, 7) is 0.692. The number of hydrogen-bond donors (Lipinski definition) is 1. The quantitative estimate of drug-likeness (QED) is 0.524. The number of carbonyl (C=O) groups is 1. The van der Waals surface area contributed by atoms with Gasteiger partial charge in [0.1, 0.15) is 0 Å². The number of nitrogens with zero attached hydrogens (tertiary/aromatic N) is 2. The third-order valence-corrected chi connectivity index (χ3v) is 7.28. The van der Waals surface area contributed by atoms with Gasteiger partial charge in [-0.2, -0.15) is 0 Å². The van der Waals surface area contributed by atoms with Gasteiger partial charge in [-0.15, -0.1) is 0 Å². The van der Waals surface area contributed by atoms with E-state index in [-0.39, 0.29) is 22.8 Å². The van der Waals surface area contributed by atoms with Crippen molar-refractivity contribution < 1.29 is 9.72 Å². The van der Waals surface area contributed by atoms with E-state index in [0.29, 0.717) is 12.2 Å². The standard InChI is InChI=1S/C24H21N3O3/c28-23-24(18-11-3-4-12-19(18)25-23)22(27(29)30)21(20-13-6-14-26(20)24)17-10-5-8-15-7-1-2-9-16(15)17/h1-5,7-12,20-22H,6,13-14H2,(H,25,28)/t20-,21-,22-,24+/m1/s1. The van der Waals surface area contributed by atoms with E-state index in [2.05, 4.69) is 10.2 Å². The molecular formula is C24H21N3O3. The van der Waals surface area contributed by atoms with Crippen molar-refractivity contribution in [3.63, 3.8) is 0 Å². The van der Waals surface area contributed by atoms with Crippen molar-refractivity contribution in [3.05, 3.63) is 88.0 Å². The van der Waals surface area contributed by atoms with Crippen LogP contribution in [0.25, 0.3) is 10.8 Å². The van der Waals surface area contributed by atoms with Crippen LogP contribution in [-0.4, -0.2) is 34.4 Å². The highest BCUT2D eigenvalue weighted by Crippen LogP contribution is 2.58. The first-order chi connectivity index (χ1) is 14.6. The molecule has 3 heterocycles. The summed E-state index contributed by atoms with van der Waals surface area (Å²) in [5.74, 6) is -0.620. The SMILES string of the molecule is O=C1Nc2ccccc2[C@]12[C@H]([N+](=O)[O-])[C@H](c1cccc3ccccc13)[C@H]1CCCN12. The molecule has 1 spiro atoms. The number of rotatable bonds is 2. The average Bonchev–Trinajstić information content (AvgIpc) is 3.41. The van der Waals surface area contributed by atoms with Gasteiger partial charge in [0.2, 0.25) is 0 Å². The van der Waals surface area contributed by atoms with Gasteiger partial charge in [-0.1, -0.05) is 60.7 Å². The lowest BCUT2D eigenvalue weighted by atomic mass is 9.76. The second-order valence-corrected chi connectivity index (χ2v) is 8.49. The molecule has 3 aromatic carbocycles. The zero-order valence-electron chi connectivity index (χ0n) is 16.3. The molecule has 3 aliphatic rings. The Hall–Kier alpha value is -3.25. The molecule has 0 aliphatic carbocycles. The summed E-state index contributed by atoms with van der Waals surface area (Å²) >= 11 is 0. The van der Waals surface area contributed by atoms with Gasteiger partial charge in [-0.3, -0.25) is 19.8 Å². The van der Waals surface area contributed by atoms with Crippen molar-refractivity contribution in [2.45, 2.75) is 36.4 Å². The molecule has 1 N–H and O–H groups in total. The lowest BCUT2D eigenvalue weighted by Gasteiger charge is -2.32. The average molecular weight is 399 g/mol. The maximum Gasteiger partial charge on any atom is 0.256 e. The number of para-hydroxylation sites is 1. The summed E-state index contributed by atoms with van der Waals surface area (Å²) < 4.78 is 0. The van der Waals surface area contributed by atoms with Gasteiger partial charge in [0.05, 0.1) is 5.92 Å². The van der Waals surface area contributed by atoms with Gasteiger partial charge in [0.15, 0.2) is 5.54 Å². The predicted molar refractivity (Wildman–Crippen MR) is 114 cm³/mol. The van der Waals surface area contributed by atoms with Crippen LogP contribution in [0.5, 0.6) is 0 Å². The van der Waals surface area contributed by atoms with E-state index in [1.54, 1.807) is 0 Å². The Morgan fingerprint density at radius 2 is 1.80 bits per heavy atom. The summed E-state index contributed by atoms with van der Waals surface area (Å²) in [6.07, 6.45) is 1.79. The molecule has 3 aliphatic heterocycles. The molecule has 0 radical (unpaired) electrons. The summed E-state index contributed by atoms with van der Waals surface area (Å²) in [5.41, 5.74) is 1.15. The molecule has 150 valence electrons. The van der Waals surface area contributed by atoms with E-state index in [9.17, 15) is 14.9 Å². The summed E-state index contributed by atoms with van der Waals surface area (Å²) in [4.78, 5) is 28.1. The predicted octanol–water partition coefficient (Wildman–Crippen LogP) is 3.89. The number of anilines is 1. The topological polar surface area (TPSA) is 75.5 Å². The van der Waals surface area contributed by atoms with Crippen molar-refractivity contribution in [1.29, 1.82) is 0 Å². The smallest absolute Gasteiger partial charge is 0.256 e. The first kappa shape index (κ1) is 17.6. The molecule has 0 saturated carbocycles. The van der Waals surface area contributed by atoms with Crippen LogP contribution in [0.4, 0.5) is 5.69 Å². The summed E-state index contributed by atoms with van der Waals surface area (Å²) in [5, 5.41) is 17.7. The number of nitrogens with one attached hydrogen (secondary N) is 1. The molecule has 0 aromatic heterocycles. The molecule has 1 amide bonds. The highest BCUT2D eigenvalue weighted by molar-refractivity contribution is 6.07.